The SMILES string of the molecule is CC(C)(C)OC(=O)CN[C@@H]1CCN(Cc2ccc(C(=O)O)cc2C(F)(F)F)C1. The number of likely N-dealkylation sites (tertiary alicyclic amines) is 1. The zero-order valence-electron chi connectivity index (χ0n) is 16.1. The first-order valence-corrected chi connectivity index (χ1v) is 8.96. The number of alkyl halides is 3. The maximum Gasteiger partial charge on any atom is 0.416 e. The number of halogens is 3. The maximum atomic E-state index is 13.3. The topological polar surface area (TPSA) is 78.9 Å². The molecule has 1 aromatic rings. The van der Waals surface area contributed by atoms with E-state index >= 15 is 0 Å². The summed E-state index contributed by atoms with van der Waals surface area (Å²) in [6, 6.07) is 3.04. The summed E-state index contributed by atoms with van der Waals surface area (Å²) in [5.74, 6) is -1.78. The van der Waals surface area contributed by atoms with E-state index in [4.69, 9.17) is 9.84 Å². The summed E-state index contributed by atoms with van der Waals surface area (Å²) in [6.45, 7) is 6.48. The summed E-state index contributed by atoms with van der Waals surface area (Å²) >= 11 is 0. The van der Waals surface area contributed by atoms with Gasteiger partial charge in [0.25, 0.3) is 0 Å². The van der Waals surface area contributed by atoms with E-state index in [1.807, 2.05) is 4.90 Å². The van der Waals surface area contributed by atoms with Crippen molar-refractivity contribution < 1.29 is 32.6 Å². The molecule has 1 aromatic carbocycles. The molecule has 0 unspecified atom stereocenters. The van der Waals surface area contributed by atoms with Gasteiger partial charge in [-0.15, -0.1) is 0 Å². The quantitative estimate of drug-likeness (QED) is 0.713. The standard InChI is InChI=1S/C19H25F3N2O4/c1-18(2,3)28-16(25)9-23-14-6-7-24(11-14)10-13-5-4-12(17(26)27)8-15(13)19(20,21)22/h4-5,8,14,23H,6-7,9-11H2,1-3H3,(H,26,27)/t14-/m1/s1. The Kier molecular flexibility index (Phi) is 6.71. The molecule has 2 N–H and O–H groups in total. The van der Waals surface area contributed by atoms with E-state index < -0.39 is 28.9 Å². The molecule has 28 heavy (non-hydrogen) atoms. The van der Waals surface area contributed by atoms with Gasteiger partial charge >= 0.3 is 18.1 Å². The molecule has 1 fully saturated rings. The Morgan fingerprint density at radius 1 is 1.29 bits per heavy atom. The van der Waals surface area contributed by atoms with E-state index in [9.17, 15) is 22.8 Å². The second-order valence-corrected chi connectivity index (χ2v) is 7.86. The van der Waals surface area contributed by atoms with Gasteiger partial charge < -0.3 is 15.2 Å². The van der Waals surface area contributed by atoms with Gasteiger partial charge in [-0.25, -0.2) is 4.79 Å². The molecule has 0 saturated carbocycles. The molecule has 0 aliphatic carbocycles. The van der Waals surface area contributed by atoms with Crippen LogP contribution in [0.15, 0.2) is 18.2 Å². The largest absolute Gasteiger partial charge is 0.478 e. The first kappa shape index (κ1) is 22.2. The molecule has 156 valence electrons. The smallest absolute Gasteiger partial charge is 0.416 e. The molecule has 2 rings (SSSR count). The Bertz CT molecular complexity index is 729. The average molecular weight is 402 g/mol. The van der Waals surface area contributed by atoms with Gasteiger partial charge in [-0.2, -0.15) is 13.2 Å². The van der Waals surface area contributed by atoms with Crippen LogP contribution in [0.25, 0.3) is 0 Å². The van der Waals surface area contributed by atoms with Gasteiger partial charge in [-0.1, -0.05) is 6.07 Å². The van der Waals surface area contributed by atoms with E-state index in [-0.39, 0.29) is 30.7 Å². The minimum Gasteiger partial charge on any atom is -0.478 e. The van der Waals surface area contributed by atoms with Gasteiger partial charge in [0, 0.05) is 25.7 Å². The van der Waals surface area contributed by atoms with Crippen molar-refractivity contribution in [3.8, 4) is 0 Å². The number of aromatic carboxylic acids is 1. The number of hydrogen-bond donors (Lipinski definition) is 2. The first-order valence-electron chi connectivity index (χ1n) is 8.96. The van der Waals surface area contributed by atoms with E-state index in [0.29, 0.717) is 25.6 Å². The number of rotatable bonds is 6. The normalized spacial score (nSPS) is 18.3. The molecule has 1 atom stereocenters. The minimum absolute atomic E-state index is 0.0276. The lowest BCUT2D eigenvalue weighted by Crippen LogP contribution is -2.38. The molecule has 0 amide bonds. The van der Waals surface area contributed by atoms with Crippen molar-refractivity contribution in [2.45, 2.75) is 51.6 Å². The van der Waals surface area contributed by atoms with Gasteiger partial charge in [-0.05, 0) is 44.9 Å². The number of carbonyl (C=O) groups excluding carboxylic acids is 1. The summed E-state index contributed by atoms with van der Waals surface area (Å²) in [4.78, 5) is 24.6. The highest BCUT2D eigenvalue weighted by atomic mass is 19.4. The highest BCUT2D eigenvalue weighted by Crippen LogP contribution is 2.33. The summed E-state index contributed by atoms with van der Waals surface area (Å²) in [7, 11) is 0. The maximum absolute atomic E-state index is 13.3. The predicted octanol–water partition coefficient (Wildman–Crippen LogP) is 2.91. The Balaban J connectivity index is 1.96. The molecule has 0 spiro atoms. The monoisotopic (exact) mass is 402 g/mol. The number of carboxylic acids is 1. The number of nitrogens with zero attached hydrogens (tertiary/aromatic N) is 1. The third-order valence-corrected chi connectivity index (χ3v) is 4.28. The van der Waals surface area contributed by atoms with Crippen LogP contribution in [0, 0.1) is 0 Å². The number of nitrogens with one attached hydrogen (secondary N) is 1. The average Bonchev–Trinajstić information content (AvgIpc) is 2.98. The number of carboxylic acid groups (broad SMARTS) is 1. The van der Waals surface area contributed by atoms with Crippen molar-refractivity contribution >= 4 is 11.9 Å². The van der Waals surface area contributed by atoms with E-state index in [2.05, 4.69) is 5.32 Å². The lowest BCUT2D eigenvalue weighted by atomic mass is 10.0. The van der Waals surface area contributed by atoms with Crippen LogP contribution in [0.3, 0.4) is 0 Å². The van der Waals surface area contributed by atoms with Crippen LogP contribution in [0.2, 0.25) is 0 Å². The van der Waals surface area contributed by atoms with Crippen LogP contribution in [0.5, 0.6) is 0 Å². The first-order chi connectivity index (χ1) is 12.8. The van der Waals surface area contributed by atoms with E-state index in [1.54, 1.807) is 20.8 Å². The predicted molar refractivity (Wildman–Crippen MR) is 95.9 cm³/mol. The molecule has 1 aliphatic rings. The molecule has 0 bridgehead atoms. The molecular weight excluding hydrogens is 377 g/mol. The van der Waals surface area contributed by atoms with Crippen molar-refractivity contribution in [1.29, 1.82) is 0 Å². The third kappa shape index (κ3) is 6.49. The fraction of sp³-hybridized carbons (Fsp3) is 0.579. The lowest BCUT2D eigenvalue weighted by molar-refractivity contribution is -0.153. The van der Waals surface area contributed by atoms with Crippen molar-refractivity contribution in [2.75, 3.05) is 19.6 Å². The zero-order chi connectivity index (χ0) is 21.1. The van der Waals surface area contributed by atoms with Crippen LogP contribution in [-0.4, -0.2) is 53.2 Å². The zero-order valence-corrected chi connectivity index (χ0v) is 16.1. The van der Waals surface area contributed by atoms with Crippen LogP contribution >= 0.6 is 0 Å². The summed E-state index contributed by atoms with van der Waals surface area (Å²) < 4.78 is 45.2. The van der Waals surface area contributed by atoms with Crippen molar-refractivity contribution in [1.82, 2.24) is 10.2 Å². The van der Waals surface area contributed by atoms with E-state index in [1.165, 1.54) is 12.1 Å². The Hall–Kier alpha value is -2.13. The summed E-state index contributed by atoms with van der Waals surface area (Å²) in [6.07, 6.45) is -3.94. The highest BCUT2D eigenvalue weighted by molar-refractivity contribution is 5.88. The molecule has 0 radical (unpaired) electrons. The Labute approximate surface area is 161 Å². The van der Waals surface area contributed by atoms with Gasteiger partial charge in [0.2, 0.25) is 0 Å². The Morgan fingerprint density at radius 2 is 1.96 bits per heavy atom. The number of ether oxygens (including phenoxy) is 1. The molecule has 1 aliphatic heterocycles. The second kappa shape index (κ2) is 8.48. The molecular formula is C19H25F3N2O4. The number of esters is 1. The highest BCUT2D eigenvalue weighted by Gasteiger charge is 2.35. The van der Waals surface area contributed by atoms with Crippen molar-refractivity contribution in [2.24, 2.45) is 0 Å². The fourth-order valence-electron chi connectivity index (χ4n) is 3.10. The molecule has 0 aromatic heterocycles. The molecule has 9 heteroatoms. The fourth-order valence-corrected chi connectivity index (χ4v) is 3.10. The molecule has 1 saturated heterocycles. The molecule has 6 nitrogen and oxygen atoms in total. The third-order valence-electron chi connectivity index (χ3n) is 4.28. The number of carbonyl (C=O) groups is 2. The minimum atomic E-state index is -4.63. The van der Waals surface area contributed by atoms with Crippen molar-refractivity contribution in [3.63, 3.8) is 0 Å². The van der Waals surface area contributed by atoms with E-state index in [0.717, 1.165) is 0 Å². The summed E-state index contributed by atoms with van der Waals surface area (Å²) in [5, 5.41) is 12.0. The molecule has 1 heterocycles. The van der Waals surface area contributed by atoms with Crippen LogP contribution in [0.1, 0.15) is 48.7 Å². The van der Waals surface area contributed by atoms with Gasteiger partial charge in [0.1, 0.15) is 5.60 Å². The van der Waals surface area contributed by atoms with Gasteiger partial charge in [0.05, 0.1) is 17.7 Å². The lowest BCUT2D eigenvalue weighted by Gasteiger charge is -2.21. The van der Waals surface area contributed by atoms with Gasteiger partial charge in [0.15, 0.2) is 0 Å². The number of benzene rings is 1. The van der Waals surface area contributed by atoms with Gasteiger partial charge in [-0.3, -0.25) is 9.69 Å². The van der Waals surface area contributed by atoms with Crippen molar-refractivity contribution in [3.05, 3.63) is 34.9 Å². The second-order valence-electron chi connectivity index (χ2n) is 7.86. The van der Waals surface area contributed by atoms with Crippen LogP contribution in [0.4, 0.5) is 13.2 Å². The van der Waals surface area contributed by atoms with Crippen LogP contribution < -0.4 is 5.32 Å². The number of hydrogen-bond acceptors (Lipinski definition) is 5. The summed E-state index contributed by atoms with van der Waals surface area (Å²) in [5.41, 5.74) is -1.87. The van der Waals surface area contributed by atoms with Crippen LogP contribution in [-0.2, 0) is 22.3 Å². The Morgan fingerprint density at radius 3 is 2.54 bits per heavy atom.